The van der Waals surface area contributed by atoms with Gasteiger partial charge in [-0.3, -0.25) is 9.59 Å². The lowest BCUT2D eigenvalue weighted by atomic mass is 10.0. The molecule has 4 nitrogen and oxygen atoms in total. The van der Waals surface area contributed by atoms with Gasteiger partial charge in [0.05, 0.1) is 12.5 Å². The lowest BCUT2D eigenvalue weighted by Gasteiger charge is -2.23. The van der Waals surface area contributed by atoms with E-state index in [9.17, 15) is 9.59 Å². The minimum atomic E-state index is -0.315. The molecule has 2 aromatic carbocycles. The molecular weight excluding hydrogens is 312 g/mol. The predicted molar refractivity (Wildman–Crippen MR) is 100 cm³/mol. The smallest absolute Gasteiger partial charge is 0.225 e. The first-order valence-electron chi connectivity index (χ1n) is 8.49. The lowest BCUT2D eigenvalue weighted by molar-refractivity contribution is -0.131. The summed E-state index contributed by atoms with van der Waals surface area (Å²) in [6.07, 6.45) is 0.241. The Balaban J connectivity index is 2.09. The lowest BCUT2D eigenvalue weighted by Crippen LogP contribution is -2.33. The van der Waals surface area contributed by atoms with Gasteiger partial charge in [-0.15, -0.1) is 0 Å². The van der Waals surface area contributed by atoms with E-state index in [0.717, 1.165) is 16.7 Å². The van der Waals surface area contributed by atoms with Crippen molar-refractivity contribution in [1.29, 1.82) is 0 Å². The van der Waals surface area contributed by atoms with E-state index < -0.39 is 0 Å². The van der Waals surface area contributed by atoms with Crippen molar-refractivity contribution in [2.75, 3.05) is 7.05 Å². The third-order valence-electron chi connectivity index (χ3n) is 4.33. The first-order chi connectivity index (χ1) is 11.9. The van der Waals surface area contributed by atoms with Crippen molar-refractivity contribution in [3.63, 3.8) is 0 Å². The number of benzene rings is 2. The molecule has 2 amide bonds. The second kappa shape index (κ2) is 8.47. The zero-order valence-corrected chi connectivity index (χ0v) is 15.4. The molecule has 1 N–H and O–H groups in total. The number of carbonyl (C=O) groups is 2. The third kappa shape index (κ3) is 5.45. The van der Waals surface area contributed by atoms with Crippen LogP contribution in [0.1, 0.15) is 41.6 Å². The Hall–Kier alpha value is -2.62. The number of nitrogens with zero attached hydrogens (tertiary/aromatic N) is 1. The molecule has 0 saturated carbocycles. The Morgan fingerprint density at radius 2 is 1.68 bits per heavy atom. The Morgan fingerprint density at radius 1 is 1.04 bits per heavy atom. The second-order valence-corrected chi connectivity index (χ2v) is 6.54. The normalized spacial score (nSPS) is 11.7. The predicted octanol–water partition coefficient (Wildman–Crippen LogP) is 3.53. The van der Waals surface area contributed by atoms with Crippen molar-refractivity contribution in [1.82, 2.24) is 10.2 Å². The molecule has 0 aliphatic heterocycles. The quantitative estimate of drug-likeness (QED) is 0.876. The maximum atomic E-state index is 12.7. The molecule has 0 bridgehead atoms. The van der Waals surface area contributed by atoms with Gasteiger partial charge >= 0.3 is 0 Å². The number of amides is 2. The highest BCUT2D eigenvalue weighted by Crippen LogP contribution is 2.19. The molecule has 0 heterocycles. The summed E-state index contributed by atoms with van der Waals surface area (Å²) in [7, 11) is 1.80. The van der Waals surface area contributed by atoms with Crippen LogP contribution in [0.5, 0.6) is 0 Å². The van der Waals surface area contributed by atoms with Crippen LogP contribution in [-0.4, -0.2) is 23.8 Å². The van der Waals surface area contributed by atoms with Crippen molar-refractivity contribution in [2.24, 2.45) is 0 Å². The van der Waals surface area contributed by atoms with Gasteiger partial charge in [0, 0.05) is 20.5 Å². The summed E-state index contributed by atoms with van der Waals surface area (Å²) in [5.41, 5.74) is 4.38. The largest absolute Gasteiger partial charge is 0.349 e. The Kier molecular flexibility index (Phi) is 6.34. The van der Waals surface area contributed by atoms with Gasteiger partial charge in [-0.05, 0) is 30.5 Å². The second-order valence-electron chi connectivity index (χ2n) is 6.54. The van der Waals surface area contributed by atoms with E-state index in [-0.39, 0.29) is 24.3 Å². The molecular formula is C21H26N2O2. The number of rotatable bonds is 6. The topological polar surface area (TPSA) is 49.4 Å². The average Bonchev–Trinajstić information content (AvgIpc) is 2.56. The fourth-order valence-electron chi connectivity index (χ4n) is 2.76. The molecule has 0 fully saturated rings. The first-order valence-corrected chi connectivity index (χ1v) is 8.49. The number of nitrogens with one attached hydrogen (secondary N) is 1. The zero-order valence-electron chi connectivity index (χ0n) is 15.4. The molecule has 0 aromatic heterocycles. The maximum absolute atomic E-state index is 12.7. The number of hydrogen-bond donors (Lipinski definition) is 1. The van der Waals surface area contributed by atoms with Gasteiger partial charge in [-0.2, -0.15) is 0 Å². The fraction of sp³-hybridized carbons (Fsp3) is 0.333. The van der Waals surface area contributed by atoms with Gasteiger partial charge in [0.2, 0.25) is 11.8 Å². The van der Waals surface area contributed by atoms with Crippen molar-refractivity contribution in [3.05, 3.63) is 70.8 Å². The highest BCUT2D eigenvalue weighted by Gasteiger charge is 2.20. The average molecular weight is 338 g/mol. The molecule has 2 rings (SSSR count). The molecule has 0 saturated heterocycles. The van der Waals surface area contributed by atoms with Crippen molar-refractivity contribution in [3.8, 4) is 0 Å². The highest BCUT2D eigenvalue weighted by molar-refractivity contribution is 5.79. The van der Waals surface area contributed by atoms with Crippen LogP contribution in [0.4, 0.5) is 0 Å². The van der Waals surface area contributed by atoms with Crippen molar-refractivity contribution >= 4 is 11.8 Å². The molecule has 0 aliphatic rings. The van der Waals surface area contributed by atoms with Crippen LogP contribution in [0.3, 0.4) is 0 Å². The van der Waals surface area contributed by atoms with E-state index in [1.165, 1.54) is 12.5 Å². The standard InChI is InChI=1S/C21H26N2O2/c1-15-9-11-18(12-10-15)20(22-17(3)24)13-21(25)23(4)14-19-8-6-5-7-16(19)2/h5-12,20H,13-14H2,1-4H3,(H,22,24). The molecule has 1 atom stereocenters. The van der Waals surface area contributed by atoms with Crippen LogP contribution in [0.25, 0.3) is 0 Å². The van der Waals surface area contributed by atoms with Crippen molar-refractivity contribution < 1.29 is 9.59 Å². The maximum Gasteiger partial charge on any atom is 0.225 e. The van der Waals surface area contributed by atoms with Gasteiger partial charge in [0.1, 0.15) is 0 Å². The first kappa shape index (κ1) is 18.7. The summed E-state index contributed by atoms with van der Waals surface area (Å²) < 4.78 is 0. The van der Waals surface area contributed by atoms with E-state index in [1.54, 1.807) is 11.9 Å². The minimum absolute atomic E-state index is 0.00239. The van der Waals surface area contributed by atoms with Crippen molar-refractivity contribution in [2.45, 2.75) is 39.8 Å². The van der Waals surface area contributed by atoms with Crippen LogP contribution < -0.4 is 5.32 Å². The van der Waals surface area contributed by atoms with E-state index in [0.29, 0.717) is 6.54 Å². The molecule has 25 heavy (non-hydrogen) atoms. The minimum Gasteiger partial charge on any atom is -0.349 e. The van der Waals surface area contributed by atoms with Gasteiger partial charge in [-0.25, -0.2) is 0 Å². The third-order valence-corrected chi connectivity index (χ3v) is 4.33. The van der Waals surface area contributed by atoms with Crippen LogP contribution in [-0.2, 0) is 16.1 Å². The summed E-state index contributed by atoms with van der Waals surface area (Å²) in [5.74, 6) is -0.137. The van der Waals surface area contributed by atoms with Crippen LogP contribution in [0.15, 0.2) is 48.5 Å². The zero-order chi connectivity index (χ0) is 18.4. The summed E-state index contributed by atoms with van der Waals surface area (Å²) >= 11 is 0. The Labute approximate surface area is 149 Å². The van der Waals surface area contributed by atoms with Crippen LogP contribution in [0, 0.1) is 13.8 Å². The molecule has 0 aliphatic carbocycles. The number of aryl methyl sites for hydroxylation is 2. The molecule has 2 aromatic rings. The van der Waals surface area contributed by atoms with Gasteiger partial charge < -0.3 is 10.2 Å². The van der Waals surface area contributed by atoms with Crippen LogP contribution >= 0.6 is 0 Å². The molecule has 0 radical (unpaired) electrons. The monoisotopic (exact) mass is 338 g/mol. The van der Waals surface area contributed by atoms with Gasteiger partial charge in [0.25, 0.3) is 0 Å². The molecule has 132 valence electrons. The molecule has 4 heteroatoms. The van der Waals surface area contributed by atoms with Gasteiger partial charge in [-0.1, -0.05) is 54.1 Å². The Morgan fingerprint density at radius 3 is 2.28 bits per heavy atom. The number of hydrogen-bond acceptors (Lipinski definition) is 2. The fourth-order valence-corrected chi connectivity index (χ4v) is 2.76. The summed E-state index contributed by atoms with van der Waals surface area (Å²) in [6, 6.07) is 15.6. The number of carbonyl (C=O) groups excluding carboxylic acids is 2. The summed E-state index contributed by atoms with van der Waals surface area (Å²) in [6.45, 7) is 6.09. The van der Waals surface area contributed by atoms with E-state index in [4.69, 9.17) is 0 Å². The molecule has 0 spiro atoms. The Bertz CT molecular complexity index is 738. The van der Waals surface area contributed by atoms with E-state index >= 15 is 0 Å². The SMILES string of the molecule is CC(=O)NC(CC(=O)N(C)Cc1ccccc1C)c1ccc(C)cc1. The molecule has 1 unspecified atom stereocenters. The van der Waals surface area contributed by atoms with E-state index in [1.807, 2.05) is 62.4 Å². The van der Waals surface area contributed by atoms with E-state index in [2.05, 4.69) is 5.32 Å². The van der Waals surface area contributed by atoms with Gasteiger partial charge in [0.15, 0.2) is 0 Å². The summed E-state index contributed by atoms with van der Waals surface area (Å²) in [4.78, 5) is 25.9. The summed E-state index contributed by atoms with van der Waals surface area (Å²) in [5, 5.41) is 2.89. The highest BCUT2D eigenvalue weighted by atomic mass is 16.2. The van der Waals surface area contributed by atoms with Crippen LogP contribution in [0.2, 0.25) is 0 Å².